The van der Waals surface area contributed by atoms with E-state index >= 15 is 4.39 Å². The van der Waals surface area contributed by atoms with Gasteiger partial charge in [0.2, 0.25) is 15.9 Å². The standard InChI is InChI=1S/C33H43ClFN5O5S/c1-21(2)30(24-12-14-25(34)15-13-24)31(39-33(42)45-6)32(41)38-29(20-36-5)28(23(4)35)17-16-26-19-37-18-22(3)40(26)46(43,44)27-10-8-7-9-11-27/h7-15,20-22,26,30-31,37H,5,16-19H2,1-4,6H3,(H,38,41)(H,39,42)/b28-23+,29-20+/t22-,26+,30-,31+/m1/s1. The highest BCUT2D eigenvalue weighted by molar-refractivity contribution is 7.89. The van der Waals surface area contributed by atoms with E-state index in [2.05, 4.69) is 27.7 Å². The van der Waals surface area contributed by atoms with Crippen LogP contribution >= 0.6 is 11.6 Å². The lowest BCUT2D eigenvalue weighted by molar-refractivity contribution is -0.123. The second-order valence-corrected chi connectivity index (χ2v) is 13.8. The zero-order valence-electron chi connectivity index (χ0n) is 26.8. The molecule has 0 spiro atoms. The van der Waals surface area contributed by atoms with Gasteiger partial charge in [0, 0.05) is 41.7 Å². The second-order valence-electron chi connectivity index (χ2n) is 11.5. The molecule has 46 heavy (non-hydrogen) atoms. The molecule has 0 aliphatic carbocycles. The van der Waals surface area contributed by atoms with Crippen LogP contribution in [0.2, 0.25) is 5.02 Å². The third-order valence-corrected chi connectivity index (χ3v) is 10.3. The first-order chi connectivity index (χ1) is 21.8. The van der Waals surface area contributed by atoms with Gasteiger partial charge in [0.1, 0.15) is 11.9 Å². The van der Waals surface area contributed by atoms with Gasteiger partial charge in [0.15, 0.2) is 0 Å². The molecule has 1 aliphatic heterocycles. The molecule has 250 valence electrons. The van der Waals surface area contributed by atoms with E-state index < -0.39 is 45.9 Å². The summed E-state index contributed by atoms with van der Waals surface area (Å²) >= 11 is 6.10. The molecule has 0 saturated carbocycles. The zero-order chi connectivity index (χ0) is 34.0. The van der Waals surface area contributed by atoms with Crippen molar-refractivity contribution in [1.82, 2.24) is 20.3 Å². The molecule has 4 atom stereocenters. The summed E-state index contributed by atoms with van der Waals surface area (Å²) in [5, 5.41) is 9.17. The van der Waals surface area contributed by atoms with Crippen LogP contribution in [0, 0.1) is 5.92 Å². The Morgan fingerprint density at radius 1 is 1.17 bits per heavy atom. The number of nitrogens with zero attached hydrogens (tertiary/aromatic N) is 2. The van der Waals surface area contributed by atoms with E-state index in [9.17, 15) is 18.0 Å². The third-order valence-electron chi connectivity index (χ3n) is 7.95. The lowest BCUT2D eigenvalue weighted by Gasteiger charge is -2.40. The van der Waals surface area contributed by atoms with Crippen molar-refractivity contribution in [1.29, 1.82) is 0 Å². The average molecular weight is 676 g/mol. The zero-order valence-corrected chi connectivity index (χ0v) is 28.4. The number of amides is 2. The van der Waals surface area contributed by atoms with Gasteiger partial charge in [-0.05, 0) is 69.2 Å². The molecule has 0 unspecified atom stereocenters. The molecule has 3 rings (SSSR count). The molecule has 0 bridgehead atoms. The van der Waals surface area contributed by atoms with Crippen LogP contribution in [-0.2, 0) is 19.6 Å². The van der Waals surface area contributed by atoms with Crippen molar-refractivity contribution in [3.8, 4) is 0 Å². The molecule has 1 fully saturated rings. The Kier molecular flexibility index (Phi) is 13.5. The van der Waals surface area contributed by atoms with E-state index in [4.69, 9.17) is 16.3 Å². The maximum absolute atomic E-state index is 15.2. The van der Waals surface area contributed by atoms with Crippen molar-refractivity contribution in [2.75, 3.05) is 20.2 Å². The number of ether oxygens (including phenoxy) is 1. The molecule has 2 amide bonds. The van der Waals surface area contributed by atoms with Crippen LogP contribution in [0.25, 0.3) is 0 Å². The summed E-state index contributed by atoms with van der Waals surface area (Å²) < 4.78 is 48.9. The predicted molar refractivity (Wildman–Crippen MR) is 179 cm³/mol. The number of aliphatic imine (C=N–C) groups is 1. The molecule has 0 radical (unpaired) electrons. The first kappa shape index (κ1) is 36.9. The van der Waals surface area contributed by atoms with Crippen LogP contribution < -0.4 is 16.0 Å². The van der Waals surface area contributed by atoms with E-state index in [1.54, 1.807) is 54.6 Å². The highest BCUT2D eigenvalue weighted by Gasteiger charge is 2.38. The molecule has 10 nitrogen and oxygen atoms in total. The number of alkyl carbamates (subject to hydrolysis) is 1. The molecule has 3 N–H and O–H groups in total. The van der Waals surface area contributed by atoms with Crippen molar-refractivity contribution in [3.05, 3.63) is 88.5 Å². The molecule has 2 aromatic rings. The number of methoxy groups -OCH3 is 1. The quantitative estimate of drug-likeness (QED) is 0.189. The van der Waals surface area contributed by atoms with Gasteiger partial charge in [-0.15, -0.1) is 0 Å². The number of carbonyl (C=O) groups excluding carboxylic acids is 2. The van der Waals surface area contributed by atoms with Gasteiger partial charge in [-0.25, -0.2) is 17.6 Å². The van der Waals surface area contributed by atoms with Gasteiger partial charge in [-0.3, -0.25) is 9.79 Å². The number of benzene rings is 2. The number of rotatable bonds is 13. The van der Waals surface area contributed by atoms with Crippen LogP contribution in [0.1, 0.15) is 52.0 Å². The van der Waals surface area contributed by atoms with Gasteiger partial charge in [-0.2, -0.15) is 4.31 Å². The average Bonchev–Trinajstić information content (AvgIpc) is 3.01. The summed E-state index contributed by atoms with van der Waals surface area (Å²) in [6, 6.07) is 13.2. The van der Waals surface area contributed by atoms with Crippen LogP contribution in [0.3, 0.4) is 0 Å². The Bertz CT molecular complexity index is 1530. The number of piperazine rings is 1. The summed E-state index contributed by atoms with van der Waals surface area (Å²) in [5.41, 5.74) is 0.921. The normalized spacial score (nSPS) is 19.5. The first-order valence-corrected chi connectivity index (χ1v) is 16.8. The SMILES string of the molecule is C=N/C=C(NC(=O)[C@@H](NC(=O)OC)[C@@H](c1ccc(Cl)cc1)C(C)C)\C(CC[C@H]1CNC[C@@H](C)N1S(=O)(=O)c1ccccc1)=C(/C)F. The number of hydrogen-bond donors (Lipinski definition) is 3. The topological polar surface area (TPSA) is 129 Å². The number of hydrogen-bond acceptors (Lipinski definition) is 7. The molecule has 1 heterocycles. The fraction of sp³-hybridized carbons (Fsp3) is 0.424. The molecule has 13 heteroatoms. The van der Waals surface area contributed by atoms with Crippen LogP contribution in [-0.4, -0.2) is 69.8 Å². The molecular weight excluding hydrogens is 633 g/mol. The fourth-order valence-corrected chi connectivity index (χ4v) is 7.81. The summed E-state index contributed by atoms with van der Waals surface area (Å²) in [6.45, 7) is 11.2. The van der Waals surface area contributed by atoms with Gasteiger partial charge in [0.05, 0.1) is 23.9 Å². The van der Waals surface area contributed by atoms with Gasteiger partial charge < -0.3 is 20.7 Å². The van der Waals surface area contributed by atoms with Crippen LogP contribution in [0.4, 0.5) is 9.18 Å². The molecule has 2 aromatic carbocycles. The van der Waals surface area contributed by atoms with E-state index in [1.165, 1.54) is 24.5 Å². The Labute approximate surface area is 276 Å². The Balaban J connectivity index is 1.91. The van der Waals surface area contributed by atoms with Crippen LogP contribution in [0.5, 0.6) is 0 Å². The monoisotopic (exact) mass is 675 g/mol. The molecule has 1 aliphatic rings. The highest BCUT2D eigenvalue weighted by atomic mass is 35.5. The maximum Gasteiger partial charge on any atom is 0.407 e. The largest absolute Gasteiger partial charge is 0.453 e. The first-order valence-electron chi connectivity index (χ1n) is 15.0. The minimum atomic E-state index is -3.84. The minimum absolute atomic E-state index is 0.0459. The van der Waals surface area contributed by atoms with E-state index in [-0.39, 0.29) is 41.0 Å². The molecule has 1 saturated heterocycles. The van der Waals surface area contributed by atoms with Crippen molar-refractivity contribution >= 4 is 40.3 Å². The smallest absolute Gasteiger partial charge is 0.407 e. The lowest BCUT2D eigenvalue weighted by Crippen LogP contribution is -2.58. The number of halogens is 2. The minimum Gasteiger partial charge on any atom is -0.453 e. The summed E-state index contributed by atoms with van der Waals surface area (Å²) in [7, 11) is -2.65. The fourth-order valence-electron chi connectivity index (χ4n) is 5.82. The third kappa shape index (κ3) is 9.25. The number of allylic oxidation sites excluding steroid dienone is 2. The summed E-state index contributed by atoms with van der Waals surface area (Å²) in [6.07, 6.45) is 0.735. The number of carbonyl (C=O) groups is 2. The Morgan fingerprint density at radius 3 is 2.39 bits per heavy atom. The number of nitrogens with one attached hydrogen (secondary N) is 3. The second kappa shape index (κ2) is 16.8. The van der Waals surface area contributed by atoms with E-state index in [0.29, 0.717) is 18.1 Å². The van der Waals surface area contributed by atoms with Crippen molar-refractivity contribution in [3.63, 3.8) is 0 Å². The Morgan fingerprint density at radius 2 is 1.83 bits per heavy atom. The Hall–Kier alpha value is -3.58. The summed E-state index contributed by atoms with van der Waals surface area (Å²) in [4.78, 5) is 30.3. The van der Waals surface area contributed by atoms with Gasteiger partial charge in [0.25, 0.3) is 0 Å². The predicted octanol–water partition coefficient (Wildman–Crippen LogP) is 5.54. The lowest BCUT2D eigenvalue weighted by atomic mass is 9.82. The maximum atomic E-state index is 15.2. The van der Waals surface area contributed by atoms with E-state index in [0.717, 1.165) is 5.56 Å². The van der Waals surface area contributed by atoms with Crippen LogP contribution in [0.15, 0.2) is 87.8 Å². The van der Waals surface area contributed by atoms with E-state index in [1.807, 2.05) is 20.8 Å². The highest BCUT2D eigenvalue weighted by Crippen LogP contribution is 2.31. The molecule has 0 aromatic heterocycles. The van der Waals surface area contributed by atoms with Crippen molar-refractivity contribution in [2.45, 2.75) is 69.5 Å². The van der Waals surface area contributed by atoms with Crippen molar-refractivity contribution < 1.29 is 27.1 Å². The number of sulfonamides is 1. The van der Waals surface area contributed by atoms with Gasteiger partial charge in [-0.1, -0.05) is 55.8 Å². The molecular formula is C33H43ClFN5O5S. The van der Waals surface area contributed by atoms with Gasteiger partial charge >= 0.3 is 6.09 Å². The van der Waals surface area contributed by atoms with Crippen molar-refractivity contribution in [2.24, 2.45) is 10.9 Å². The summed E-state index contributed by atoms with van der Waals surface area (Å²) in [5.74, 6) is -1.86.